The second kappa shape index (κ2) is 11.3. The predicted octanol–water partition coefficient (Wildman–Crippen LogP) is 11.1. The summed E-state index contributed by atoms with van der Waals surface area (Å²) in [5.41, 5.74) is 13.5. The van der Waals surface area contributed by atoms with Crippen molar-refractivity contribution in [1.82, 2.24) is 15.0 Å². The topological polar surface area (TPSA) is 38.7 Å². The Morgan fingerprint density at radius 2 is 1.15 bits per heavy atom. The maximum absolute atomic E-state index is 5.24. The third-order valence-electron chi connectivity index (χ3n) is 10.0. The molecule has 0 unspecified atom stereocenters. The largest absolute Gasteiger partial charge is 0.208 e. The van der Waals surface area contributed by atoms with Crippen molar-refractivity contribution in [2.24, 2.45) is 0 Å². The molecule has 230 valence electrons. The van der Waals surface area contributed by atoms with E-state index in [9.17, 15) is 0 Å². The van der Waals surface area contributed by atoms with Crippen LogP contribution in [0.5, 0.6) is 0 Å². The first-order valence-electron chi connectivity index (χ1n) is 16.7. The minimum atomic E-state index is 0.0791. The van der Waals surface area contributed by atoms with Gasteiger partial charge in [0.25, 0.3) is 0 Å². The Bertz CT molecular complexity index is 2160. The van der Waals surface area contributed by atoms with E-state index in [2.05, 4.69) is 137 Å². The summed E-state index contributed by atoms with van der Waals surface area (Å²) in [7, 11) is 0. The zero-order chi connectivity index (χ0) is 32.2. The minimum absolute atomic E-state index is 0.0791. The Balaban J connectivity index is 1.33. The van der Waals surface area contributed by atoms with Crippen molar-refractivity contribution in [3.8, 4) is 56.4 Å². The Morgan fingerprint density at radius 3 is 1.91 bits per heavy atom. The Kier molecular flexibility index (Phi) is 7.02. The van der Waals surface area contributed by atoms with Crippen LogP contribution in [0.2, 0.25) is 0 Å². The molecule has 6 aromatic rings. The third-order valence-corrected chi connectivity index (χ3v) is 10.0. The minimum Gasteiger partial charge on any atom is -0.208 e. The molecule has 0 bridgehead atoms. The average Bonchev–Trinajstić information content (AvgIpc) is 3.30. The Hall–Kier alpha value is -5.15. The van der Waals surface area contributed by atoms with Gasteiger partial charge in [0.1, 0.15) is 0 Å². The van der Waals surface area contributed by atoms with E-state index in [0.717, 1.165) is 47.1 Å². The standard InChI is InChI=1S/C44H39N3/c1-43(2)28-44(3,4)39-27-33(23-25-38(39)43)41-45-40(31-17-9-6-10-18-31)46-42(47-41)36-24-22-32(26-37(36)30-14-7-5-8-15-30)35-21-13-19-29-16-11-12-20-34(29)35/h5-11,13-19,21-27H,12,20,28H2,1-4H3. The first kappa shape index (κ1) is 29.3. The maximum Gasteiger partial charge on any atom is 0.164 e. The quantitative estimate of drug-likeness (QED) is 0.195. The number of nitrogens with zero attached hydrogens (tertiary/aromatic N) is 3. The molecule has 0 radical (unpaired) electrons. The van der Waals surface area contributed by atoms with Crippen molar-refractivity contribution < 1.29 is 0 Å². The van der Waals surface area contributed by atoms with E-state index in [1.54, 1.807) is 0 Å². The summed E-state index contributed by atoms with van der Waals surface area (Å²) in [4.78, 5) is 15.5. The Labute approximate surface area is 278 Å². The number of benzene rings is 5. The van der Waals surface area contributed by atoms with Gasteiger partial charge in [0, 0.05) is 16.7 Å². The number of allylic oxidation sites excluding steroid dienone is 1. The lowest BCUT2D eigenvalue weighted by molar-refractivity contribution is 0.403. The summed E-state index contributed by atoms with van der Waals surface area (Å²) in [6, 6.07) is 41.1. The monoisotopic (exact) mass is 609 g/mol. The van der Waals surface area contributed by atoms with Crippen molar-refractivity contribution in [3.63, 3.8) is 0 Å². The van der Waals surface area contributed by atoms with Gasteiger partial charge in [0.15, 0.2) is 17.5 Å². The van der Waals surface area contributed by atoms with Crippen molar-refractivity contribution in [3.05, 3.63) is 144 Å². The molecule has 0 atom stereocenters. The second-order valence-corrected chi connectivity index (χ2v) is 14.3. The molecule has 0 N–H and O–H groups in total. The zero-order valence-electron chi connectivity index (χ0n) is 27.6. The fraction of sp³-hybridized carbons (Fsp3) is 0.205. The van der Waals surface area contributed by atoms with Gasteiger partial charge in [-0.3, -0.25) is 0 Å². The summed E-state index contributed by atoms with van der Waals surface area (Å²) in [6.07, 6.45) is 7.77. The van der Waals surface area contributed by atoms with Crippen molar-refractivity contribution in [2.75, 3.05) is 0 Å². The van der Waals surface area contributed by atoms with Gasteiger partial charge in [-0.05, 0) is 92.8 Å². The van der Waals surface area contributed by atoms with Crippen molar-refractivity contribution in [1.29, 1.82) is 0 Å². The fourth-order valence-corrected chi connectivity index (χ4v) is 7.98. The summed E-state index contributed by atoms with van der Waals surface area (Å²) in [5.74, 6) is 2.05. The molecule has 2 aliphatic rings. The van der Waals surface area contributed by atoms with Crippen LogP contribution in [0.4, 0.5) is 0 Å². The summed E-state index contributed by atoms with van der Waals surface area (Å²) in [6.45, 7) is 9.41. The number of aromatic nitrogens is 3. The van der Waals surface area contributed by atoms with Crippen LogP contribution in [-0.2, 0) is 17.3 Å². The van der Waals surface area contributed by atoms with Crippen LogP contribution in [0.15, 0.2) is 121 Å². The molecular weight excluding hydrogens is 571 g/mol. The van der Waals surface area contributed by atoms with Crippen LogP contribution in [0.1, 0.15) is 62.8 Å². The molecule has 3 nitrogen and oxygen atoms in total. The van der Waals surface area contributed by atoms with Crippen LogP contribution in [0.3, 0.4) is 0 Å². The lowest BCUT2D eigenvalue weighted by atomic mass is 9.82. The molecule has 0 aliphatic heterocycles. The average molecular weight is 610 g/mol. The van der Waals surface area contributed by atoms with E-state index in [1.807, 2.05) is 18.2 Å². The summed E-state index contributed by atoms with van der Waals surface area (Å²) >= 11 is 0. The van der Waals surface area contributed by atoms with Gasteiger partial charge >= 0.3 is 0 Å². The van der Waals surface area contributed by atoms with Crippen LogP contribution in [0.25, 0.3) is 62.5 Å². The van der Waals surface area contributed by atoms with Crippen molar-refractivity contribution >= 4 is 6.08 Å². The first-order valence-corrected chi connectivity index (χ1v) is 16.7. The van der Waals surface area contributed by atoms with Crippen LogP contribution < -0.4 is 0 Å². The summed E-state index contributed by atoms with van der Waals surface area (Å²) in [5, 5.41) is 0. The van der Waals surface area contributed by atoms with Gasteiger partial charge in [-0.15, -0.1) is 0 Å². The number of rotatable bonds is 5. The van der Waals surface area contributed by atoms with Gasteiger partial charge in [-0.2, -0.15) is 0 Å². The molecule has 2 aliphatic carbocycles. The highest BCUT2D eigenvalue weighted by Gasteiger charge is 2.41. The van der Waals surface area contributed by atoms with Gasteiger partial charge < -0.3 is 0 Å². The SMILES string of the molecule is CC1(C)CC(C)(C)c2cc(-c3nc(-c4ccccc4)nc(-c4ccc(-c5cccc6c5CCC=C6)cc4-c4ccccc4)n3)ccc21. The molecule has 0 spiro atoms. The molecule has 0 saturated heterocycles. The zero-order valence-corrected chi connectivity index (χ0v) is 27.6. The highest BCUT2D eigenvalue weighted by molar-refractivity contribution is 5.87. The molecular formula is C44H39N3. The first-order chi connectivity index (χ1) is 22.8. The van der Waals surface area contributed by atoms with Crippen LogP contribution in [-0.4, -0.2) is 15.0 Å². The van der Waals surface area contributed by atoms with E-state index >= 15 is 0 Å². The lowest BCUT2D eigenvalue weighted by Gasteiger charge is -2.22. The molecule has 47 heavy (non-hydrogen) atoms. The van der Waals surface area contributed by atoms with E-state index in [0.29, 0.717) is 17.5 Å². The van der Waals surface area contributed by atoms with E-state index < -0.39 is 0 Å². The van der Waals surface area contributed by atoms with Gasteiger partial charge in [0.05, 0.1) is 0 Å². The lowest BCUT2D eigenvalue weighted by Crippen LogP contribution is -2.17. The van der Waals surface area contributed by atoms with Crippen LogP contribution >= 0.6 is 0 Å². The fourth-order valence-electron chi connectivity index (χ4n) is 7.98. The highest BCUT2D eigenvalue weighted by Crippen LogP contribution is 2.50. The van der Waals surface area contributed by atoms with Gasteiger partial charge in [0.2, 0.25) is 0 Å². The molecule has 0 saturated carbocycles. The molecule has 1 heterocycles. The molecule has 1 aromatic heterocycles. The Morgan fingerprint density at radius 1 is 0.489 bits per heavy atom. The normalized spacial score (nSPS) is 15.7. The van der Waals surface area contributed by atoms with E-state index in [4.69, 9.17) is 15.0 Å². The molecule has 3 heteroatoms. The van der Waals surface area contributed by atoms with Crippen LogP contribution in [0, 0.1) is 0 Å². The third kappa shape index (κ3) is 5.30. The van der Waals surface area contributed by atoms with Crippen molar-refractivity contribution in [2.45, 2.75) is 57.8 Å². The molecule has 0 amide bonds. The molecule has 8 rings (SSSR count). The number of hydrogen-bond donors (Lipinski definition) is 0. The van der Waals surface area contributed by atoms with E-state index in [1.165, 1.54) is 33.4 Å². The maximum atomic E-state index is 5.24. The molecule has 0 fully saturated rings. The summed E-state index contributed by atoms with van der Waals surface area (Å²) < 4.78 is 0. The smallest absolute Gasteiger partial charge is 0.164 e. The highest BCUT2D eigenvalue weighted by atomic mass is 15.0. The second-order valence-electron chi connectivity index (χ2n) is 14.3. The molecule has 5 aromatic carbocycles. The number of fused-ring (bicyclic) bond motifs is 2. The number of hydrogen-bond acceptors (Lipinski definition) is 3. The van der Waals surface area contributed by atoms with Gasteiger partial charge in [-0.25, -0.2) is 15.0 Å². The van der Waals surface area contributed by atoms with Gasteiger partial charge in [-0.1, -0.05) is 137 Å². The van der Waals surface area contributed by atoms with E-state index in [-0.39, 0.29) is 10.8 Å². The predicted molar refractivity (Wildman–Crippen MR) is 195 cm³/mol.